The first-order valence-electron chi connectivity index (χ1n) is 6.71. The number of fused-ring (bicyclic) bond motifs is 1. The van der Waals surface area contributed by atoms with Gasteiger partial charge in [0.1, 0.15) is 12.4 Å². The number of hydrogen-bond acceptors (Lipinski definition) is 3. The second-order valence-corrected chi connectivity index (χ2v) is 5.69. The number of nitrogens with zero attached hydrogens (tertiary/aromatic N) is 1. The van der Waals surface area contributed by atoms with E-state index in [4.69, 9.17) is 10.5 Å². The Morgan fingerprint density at radius 2 is 2.00 bits per heavy atom. The molecule has 1 aromatic heterocycles. The molecule has 4 heteroatoms. The fourth-order valence-corrected chi connectivity index (χ4v) is 2.63. The topological polar surface area (TPSA) is 48.1 Å². The highest BCUT2D eigenvalue weighted by molar-refractivity contribution is 9.10. The number of nitrogens with two attached hydrogens (primary N) is 1. The molecule has 0 radical (unpaired) electrons. The summed E-state index contributed by atoms with van der Waals surface area (Å²) in [5.74, 6) is 0.826. The van der Waals surface area contributed by atoms with E-state index in [1.165, 1.54) is 0 Å². The fourth-order valence-electron chi connectivity index (χ4n) is 2.22. The predicted octanol–water partition coefficient (Wildman–Crippen LogP) is 4.04. The third-order valence-corrected chi connectivity index (χ3v) is 3.80. The summed E-state index contributed by atoms with van der Waals surface area (Å²) in [6, 6.07) is 16.0. The quantitative estimate of drug-likeness (QED) is 0.778. The molecule has 0 amide bonds. The summed E-state index contributed by atoms with van der Waals surface area (Å²) >= 11 is 3.44. The van der Waals surface area contributed by atoms with E-state index in [2.05, 4.69) is 33.0 Å². The van der Waals surface area contributed by atoms with Crippen LogP contribution < -0.4 is 10.5 Å². The second kappa shape index (κ2) is 6.24. The summed E-state index contributed by atoms with van der Waals surface area (Å²) in [5.41, 5.74) is 8.85. The summed E-state index contributed by atoms with van der Waals surface area (Å²) in [6.07, 6.45) is 1.80. The average molecular weight is 343 g/mol. The van der Waals surface area contributed by atoms with Crippen molar-refractivity contribution in [2.24, 2.45) is 5.73 Å². The normalized spacial score (nSPS) is 10.8. The van der Waals surface area contributed by atoms with Gasteiger partial charge < -0.3 is 10.5 Å². The van der Waals surface area contributed by atoms with Crippen LogP contribution in [0.1, 0.15) is 11.1 Å². The molecule has 106 valence electrons. The van der Waals surface area contributed by atoms with Crippen LogP contribution in [-0.4, -0.2) is 4.98 Å². The zero-order valence-electron chi connectivity index (χ0n) is 11.4. The Hall–Kier alpha value is -1.91. The van der Waals surface area contributed by atoms with Crippen molar-refractivity contribution in [3.8, 4) is 5.75 Å². The molecule has 3 rings (SSSR count). The van der Waals surface area contributed by atoms with Crippen LogP contribution in [0.25, 0.3) is 10.9 Å². The summed E-state index contributed by atoms with van der Waals surface area (Å²) in [4.78, 5) is 4.32. The van der Waals surface area contributed by atoms with Crippen LogP contribution in [0.3, 0.4) is 0 Å². The Bertz CT molecular complexity index is 774. The molecule has 0 saturated heterocycles. The van der Waals surface area contributed by atoms with Crippen molar-refractivity contribution in [2.75, 3.05) is 0 Å². The molecule has 0 saturated carbocycles. The fraction of sp³-hybridized carbons (Fsp3) is 0.118. The van der Waals surface area contributed by atoms with Crippen molar-refractivity contribution < 1.29 is 4.74 Å². The van der Waals surface area contributed by atoms with Crippen LogP contribution in [0.4, 0.5) is 0 Å². The van der Waals surface area contributed by atoms with Gasteiger partial charge in [0.2, 0.25) is 0 Å². The lowest BCUT2D eigenvalue weighted by Gasteiger charge is -2.11. The van der Waals surface area contributed by atoms with Crippen molar-refractivity contribution in [3.63, 3.8) is 0 Å². The first-order valence-corrected chi connectivity index (χ1v) is 7.50. The third kappa shape index (κ3) is 3.23. The molecular weight excluding hydrogens is 328 g/mol. The lowest BCUT2D eigenvalue weighted by Crippen LogP contribution is -2.02. The molecule has 0 aliphatic carbocycles. The minimum atomic E-state index is 0.455. The Labute approximate surface area is 131 Å². The number of halogens is 1. The van der Waals surface area contributed by atoms with E-state index >= 15 is 0 Å². The van der Waals surface area contributed by atoms with Crippen molar-refractivity contribution in [3.05, 3.63) is 70.3 Å². The molecule has 0 unspecified atom stereocenters. The lowest BCUT2D eigenvalue weighted by atomic mass is 10.1. The molecule has 0 aliphatic heterocycles. The highest BCUT2D eigenvalue weighted by Gasteiger charge is 2.04. The maximum absolute atomic E-state index is 5.90. The molecule has 2 aromatic carbocycles. The molecule has 0 aliphatic rings. The summed E-state index contributed by atoms with van der Waals surface area (Å²) in [5, 5.41) is 1.12. The van der Waals surface area contributed by atoms with Gasteiger partial charge in [-0.2, -0.15) is 0 Å². The van der Waals surface area contributed by atoms with E-state index in [1.807, 2.05) is 36.4 Å². The molecular formula is C17H15BrN2O. The Balaban J connectivity index is 1.80. The van der Waals surface area contributed by atoms with E-state index in [-0.39, 0.29) is 0 Å². The SMILES string of the molecule is NCc1cc(Br)ccc1OCc1ccc2ncccc2c1. The van der Waals surface area contributed by atoms with E-state index in [0.717, 1.165) is 32.3 Å². The van der Waals surface area contributed by atoms with Crippen LogP contribution >= 0.6 is 15.9 Å². The second-order valence-electron chi connectivity index (χ2n) is 4.78. The standard InChI is InChI=1S/C17H15BrN2O/c18-15-4-6-17(14(9-15)10-19)21-11-12-3-5-16-13(8-12)2-1-7-20-16/h1-9H,10-11,19H2. The number of hydrogen-bond donors (Lipinski definition) is 1. The molecule has 0 atom stereocenters. The van der Waals surface area contributed by atoms with Gasteiger partial charge in [-0.25, -0.2) is 0 Å². The first kappa shape index (κ1) is 14.0. The zero-order chi connectivity index (χ0) is 14.7. The predicted molar refractivity (Wildman–Crippen MR) is 88.1 cm³/mol. The van der Waals surface area contributed by atoms with E-state index in [1.54, 1.807) is 6.20 Å². The van der Waals surface area contributed by atoms with Gasteiger partial charge >= 0.3 is 0 Å². The van der Waals surface area contributed by atoms with E-state index in [9.17, 15) is 0 Å². The van der Waals surface area contributed by atoms with Crippen LogP contribution in [0.2, 0.25) is 0 Å². The maximum Gasteiger partial charge on any atom is 0.124 e. The monoisotopic (exact) mass is 342 g/mol. The molecule has 0 spiro atoms. The highest BCUT2D eigenvalue weighted by Crippen LogP contribution is 2.24. The Kier molecular flexibility index (Phi) is 4.18. The summed E-state index contributed by atoms with van der Waals surface area (Å²) < 4.78 is 6.90. The maximum atomic E-state index is 5.90. The van der Waals surface area contributed by atoms with Gasteiger partial charge in [-0.05, 0) is 42.0 Å². The largest absolute Gasteiger partial charge is 0.489 e. The molecule has 0 fully saturated rings. The smallest absolute Gasteiger partial charge is 0.124 e. The minimum absolute atomic E-state index is 0.455. The number of ether oxygens (including phenoxy) is 1. The van der Waals surface area contributed by atoms with Gasteiger partial charge in [0.25, 0.3) is 0 Å². The molecule has 0 bridgehead atoms. The van der Waals surface area contributed by atoms with Gasteiger partial charge in [-0.3, -0.25) is 4.98 Å². The molecule has 3 aromatic rings. The third-order valence-electron chi connectivity index (χ3n) is 3.30. The van der Waals surface area contributed by atoms with Crippen molar-refractivity contribution in [2.45, 2.75) is 13.2 Å². The molecule has 2 N–H and O–H groups in total. The molecule has 3 nitrogen and oxygen atoms in total. The summed E-state index contributed by atoms with van der Waals surface area (Å²) in [6.45, 7) is 0.968. The number of aromatic nitrogens is 1. The Morgan fingerprint density at radius 3 is 2.86 bits per heavy atom. The van der Waals surface area contributed by atoms with Gasteiger partial charge in [0, 0.05) is 28.2 Å². The van der Waals surface area contributed by atoms with E-state index in [0.29, 0.717) is 13.2 Å². The number of pyridine rings is 1. The number of rotatable bonds is 4. The van der Waals surface area contributed by atoms with Crippen LogP contribution in [-0.2, 0) is 13.2 Å². The van der Waals surface area contributed by atoms with Gasteiger partial charge in [0.15, 0.2) is 0 Å². The van der Waals surface area contributed by atoms with Gasteiger partial charge in [-0.1, -0.05) is 28.1 Å². The summed E-state index contributed by atoms with van der Waals surface area (Å²) in [7, 11) is 0. The Morgan fingerprint density at radius 1 is 1.10 bits per heavy atom. The zero-order valence-corrected chi connectivity index (χ0v) is 13.0. The molecule has 1 heterocycles. The van der Waals surface area contributed by atoms with E-state index < -0.39 is 0 Å². The van der Waals surface area contributed by atoms with Crippen LogP contribution in [0.15, 0.2) is 59.2 Å². The first-order chi connectivity index (χ1) is 10.3. The lowest BCUT2D eigenvalue weighted by molar-refractivity contribution is 0.303. The minimum Gasteiger partial charge on any atom is -0.489 e. The average Bonchev–Trinajstić information content (AvgIpc) is 2.53. The van der Waals surface area contributed by atoms with Crippen molar-refractivity contribution in [1.29, 1.82) is 0 Å². The van der Waals surface area contributed by atoms with Gasteiger partial charge in [-0.15, -0.1) is 0 Å². The number of benzene rings is 2. The van der Waals surface area contributed by atoms with Crippen LogP contribution in [0, 0.1) is 0 Å². The highest BCUT2D eigenvalue weighted by atomic mass is 79.9. The van der Waals surface area contributed by atoms with Crippen molar-refractivity contribution in [1.82, 2.24) is 4.98 Å². The van der Waals surface area contributed by atoms with Crippen molar-refractivity contribution >= 4 is 26.8 Å². The molecule has 21 heavy (non-hydrogen) atoms. The van der Waals surface area contributed by atoms with Crippen LogP contribution in [0.5, 0.6) is 5.75 Å². The van der Waals surface area contributed by atoms with Gasteiger partial charge in [0.05, 0.1) is 5.52 Å².